The molecular weight excluding hydrogens is 184 g/mol. The number of aryl methyl sites for hydroxylation is 3. The highest BCUT2D eigenvalue weighted by atomic mass is 15.0. The van der Waals surface area contributed by atoms with Crippen LogP contribution in [-0.4, -0.2) is 4.57 Å². The maximum Gasteiger partial charge on any atom is 0.0687 e. The summed E-state index contributed by atoms with van der Waals surface area (Å²) in [5.41, 5.74) is 11.6. The van der Waals surface area contributed by atoms with Crippen molar-refractivity contribution < 1.29 is 0 Å². The fourth-order valence-corrected chi connectivity index (χ4v) is 1.90. The summed E-state index contributed by atoms with van der Waals surface area (Å²) in [6.07, 6.45) is 0. The first-order chi connectivity index (χ1) is 7.09. The summed E-state index contributed by atoms with van der Waals surface area (Å²) in [4.78, 5) is 0. The zero-order chi connectivity index (χ0) is 11.0. The third kappa shape index (κ3) is 1.63. The van der Waals surface area contributed by atoms with Gasteiger partial charge in [-0.05, 0) is 50.6 Å². The van der Waals surface area contributed by atoms with Gasteiger partial charge in [0.25, 0.3) is 0 Å². The maximum atomic E-state index is 6.00. The molecule has 2 heteroatoms. The van der Waals surface area contributed by atoms with Gasteiger partial charge in [-0.25, -0.2) is 0 Å². The summed E-state index contributed by atoms with van der Waals surface area (Å²) in [6, 6.07) is 10.3. The molecule has 2 N–H and O–H groups in total. The van der Waals surface area contributed by atoms with Crippen LogP contribution in [0.4, 0.5) is 5.69 Å². The summed E-state index contributed by atoms with van der Waals surface area (Å²) >= 11 is 0. The van der Waals surface area contributed by atoms with Crippen molar-refractivity contribution in [3.05, 3.63) is 47.3 Å². The van der Waals surface area contributed by atoms with E-state index in [0.717, 1.165) is 11.4 Å². The normalized spacial score (nSPS) is 10.6. The van der Waals surface area contributed by atoms with E-state index in [2.05, 4.69) is 43.5 Å². The molecular formula is C13H16N2. The van der Waals surface area contributed by atoms with E-state index in [0.29, 0.717) is 0 Å². The predicted molar refractivity (Wildman–Crippen MR) is 64.4 cm³/mol. The van der Waals surface area contributed by atoms with Gasteiger partial charge >= 0.3 is 0 Å². The Morgan fingerprint density at radius 1 is 0.933 bits per heavy atom. The van der Waals surface area contributed by atoms with Crippen molar-refractivity contribution in [3.8, 4) is 5.69 Å². The van der Waals surface area contributed by atoms with Crippen LogP contribution in [0.2, 0.25) is 0 Å². The Morgan fingerprint density at radius 2 is 1.53 bits per heavy atom. The summed E-state index contributed by atoms with van der Waals surface area (Å²) in [5.74, 6) is 0. The second-order valence-corrected chi connectivity index (χ2v) is 4.01. The van der Waals surface area contributed by atoms with Crippen LogP contribution >= 0.6 is 0 Å². The molecule has 0 spiro atoms. The van der Waals surface area contributed by atoms with E-state index >= 15 is 0 Å². The Kier molecular flexibility index (Phi) is 2.27. The number of benzene rings is 1. The van der Waals surface area contributed by atoms with Gasteiger partial charge < -0.3 is 10.3 Å². The van der Waals surface area contributed by atoms with E-state index in [-0.39, 0.29) is 0 Å². The molecule has 0 aliphatic rings. The second-order valence-electron chi connectivity index (χ2n) is 4.01. The standard InChI is InChI=1S/C13H16N2/c1-9-4-7-12(14)13(8-9)15-10(2)5-6-11(15)3/h4-8H,14H2,1-3H3. The minimum Gasteiger partial charge on any atom is -0.397 e. The van der Waals surface area contributed by atoms with Crippen molar-refractivity contribution in [1.29, 1.82) is 0 Å². The summed E-state index contributed by atoms with van der Waals surface area (Å²) in [7, 11) is 0. The van der Waals surface area contributed by atoms with Gasteiger partial charge in [-0.3, -0.25) is 0 Å². The molecule has 1 aromatic carbocycles. The zero-order valence-electron chi connectivity index (χ0n) is 9.41. The van der Waals surface area contributed by atoms with Crippen molar-refractivity contribution in [3.63, 3.8) is 0 Å². The molecule has 78 valence electrons. The summed E-state index contributed by atoms with van der Waals surface area (Å²) in [6.45, 7) is 6.26. The van der Waals surface area contributed by atoms with Crippen LogP contribution < -0.4 is 5.73 Å². The molecule has 0 aliphatic carbocycles. The molecule has 0 aliphatic heterocycles. The topological polar surface area (TPSA) is 30.9 Å². The molecule has 2 aromatic rings. The number of aromatic nitrogens is 1. The number of hydrogen-bond donors (Lipinski definition) is 1. The van der Waals surface area contributed by atoms with Gasteiger partial charge in [-0.1, -0.05) is 6.07 Å². The van der Waals surface area contributed by atoms with Crippen molar-refractivity contribution in [2.24, 2.45) is 0 Å². The quantitative estimate of drug-likeness (QED) is 0.705. The fourth-order valence-electron chi connectivity index (χ4n) is 1.90. The third-order valence-corrected chi connectivity index (χ3v) is 2.70. The molecule has 0 atom stereocenters. The highest BCUT2D eigenvalue weighted by Crippen LogP contribution is 2.22. The molecule has 0 amide bonds. The molecule has 1 heterocycles. The van der Waals surface area contributed by atoms with Gasteiger partial charge in [0.1, 0.15) is 0 Å². The van der Waals surface area contributed by atoms with Gasteiger partial charge in [0.2, 0.25) is 0 Å². The number of rotatable bonds is 1. The van der Waals surface area contributed by atoms with Crippen LogP contribution in [0.15, 0.2) is 30.3 Å². The second kappa shape index (κ2) is 3.46. The monoisotopic (exact) mass is 200 g/mol. The Labute approximate surface area is 90.3 Å². The van der Waals surface area contributed by atoms with Gasteiger partial charge in [-0.15, -0.1) is 0 Å². The first kappa shape index (κ1) is 9.84. The summed E-state index contributed by atoms with van der Waals surface area (Å²) < 4.78 is 2.18. The van der Waals surface area contributed by atoms with Gasteiger partial charge in [0.05, 0.1) is 11.4 Å². The number of anilines is 1. The fraction of sp³-hybridized carbons (Fsp3) is 0.231. The van der Waals surface area contributed by atoms with Gasteiger partial charge in [0.15, 0.2) is 0 Å². The van der Waals surface area contributed by atoms with E-state index in [1.165, 1.54) is 17.0 Å². The SMILES string of the molecule is Cc1ccc(N)c(-n2c(C)ccc2C)c1. The van der Waals surface area contributed by atoms with Crippen LogP contribution in [0, 0.1) is 20.8 Å². The minimum absolute atomic E-state index is 0.822. The molecule has 15 heavy (non-hydrogen) atoms. The van der Waals surface area contributed by atoms with E-state index in [1.54, 1.807) is 0 Å². The first-order valence-corrected chi connectivity index (χ1v) is 5.11. The van der Waals surface area contributed by atoms with Crippen LogP contribution in [-0.2, 0) is 0 Å². The predicted octanol–water partition coefficient (Wildman–Crippen LogP) is 2.98. The van der Waals surface area contributed by atoms with Crippen molar-refractivity contribution in [2.75, 3.05) is 5.73 Å². The lowest BCUT2D eigenvalue weighted by Gasteiger charge is -2.12. The molecule has 1 aromatic heterocycles. The Bertz CT molecular complexity index is 476. The average molecular weight is 200 g/mol. The molecule has 0 unspecified atom stereocenters. The molecule has 0 fully saturated rings. The first-order valence-electron chi connectivity index (χ1n) is 5.11. The van der Waals surface area contributed by atoms with Gasteiger partial charge in [-0.2, -0.15) is 0 Å². The van der Waals surface area contributed by atoms with Crippen LogP contribution in [0.3, 0.4) is 0 Å². The summed E-state index contributed by atoms with van der Waals surface area (Å²) in [5, 5.41) is 0. The Morgan fingerprint density at radius 3 is 2.13 bits per heavy atom. The number of nitrogens with zero attached hydrogens (tertiary/aromatic N) is 1. The van der Waals surface area contributed by atoms with Crippen LogP contribution in [0.25, 0.3) is 5.69 Å². The highest BCUT2D eigenvalue weighted by Gasteiger charge is 2.06. The van der Waals surface area contributed by atoms with E-state index < -0.39 is 0 Å². The highest BCUT2D eigenvalue weighted by molar-refractivity contribution is 5.60. The largest absolute Gasteiger partial charge is 0.397 e. The molecule has 0 radical (unpaired) electrons. The minimum atomic E-state index is 0.822. The molecule has 0 saturated heterocycles. The molecule has 0 saturated carbocycles. The average Bonchev–Trinajstić information content (AvgIpc) is 2.51. The smallest absolute Gasteiger partial charge is 0.0687 e. The molecule has 0 bridgehead atoms. The zero-order valence-corrected chi connectivity index (χ0v) is 9.41. The Balaban J connectivity index is 2.68. The Hall–Kier alpha value is -1.70. The molecule has 2 rings (SSSR count). The lowest BCUT2D eigenvalue weighted by molar-refractivity contribution is 0.966. The lowest BCUT2D eigenvalue weighted by atomic mass is 10.2. The maximum absolute atomic E-state index is 6.00. The van der Waals surface area contributed by atoms with Gasteiger partial charge in [0, 0.05) is 11.4 Å². The van der Waals surface area contributed by atoms with Crippen molar-refractivity contribution in [2.45, 2.75) is 20.8 Å². The van der Waals surface area contributed by atoms with Crippen molar-refractivity contribution >= 4 is 5.69 Å². The number of nitrogens with two attached hydrogens (primary N) is 1. The molecule has 2 nitrogen and oxygen atoms in total. The van der Waals surface area contributed by atoms with Crippen molar-refractivity contribution in [1.82, 2.24) is 4.57 Å². The van der Waals surface area contributed by atoms with Crippen LogP contribution in [0.5, 0.6) is 0 Å². The third-order valence-electron chi connectivity index (χ3n) is 2.70. The van der Waals surface area contributed by atoms with Crippen LogP contribution in [0.1, 0.15) is 17.0 Å². The van der Waals surface area contributed by atoms with E-state index in [9.17, 15) is 0 Å². The van der Waals surface area contributed by atoms with E-state index in [4.69, 9.17) is 5.73 Å². The lowest BCUT2D eigenvalue weighted by Crippen LogP contribution is -2.03. The van der Waals surface area contributed by atoms with E-state index in [1.807, 2.05) is 12.1 Å². The number of nitrogen functional groups attached to an aromatic ring is 1. The number of hydrogen-bond acceptors (Lipinski definition) is 1.